The number of carbonyl (C=O) groups is 1. The Morgan fingerprint density at radius 3 is 2.59 bits per heavy atom. The van der Waals surface area contributed by atoms with Crippen LogP contribution in [0.4, 0.5) is 0 Å². The van der Waals surface area contributed by atoms with Gasteiger partial charge in [0.05, 0.1) is 23.7 Å². The molecular weight excluding hydrogens is 346 g/mol. The lowest BCUT2D eigenvalue weighted by Gasteiger charge is -2.15. The molecule has 0 saturated heterocycles. The molecule has 2 rings (SSSR count). The molecule has 0 spiro atoms. The van der Waals surface area contributed by atoms with E-state index in [1.54, 1.807) is 19.2 Å². The number of halogens is 1. The number of nitrogens with zero attached hydrogens (tertiary/aromatic N) is 1. The van der Waals surface area contributed by atoms with E-state index in [0.717, 1.165) is 16.8 Å². The fourth-order valence-electron chi connectivity index (χ4n) is 2.12. The second-order valence-corrected chi connectivity index (χ2v) is 5.50. The molecule has 22 heavy (non-hydrogen) atoms. The Hall–Kier alpha value is -1.88. The van der Waals surface area contributed by atoms with Gasteiger partial charge in [0, 0.05) is 11.8 Å². The van der Waals surface area contributed by atoms with Gasteiger partial charge in [0.25, 0.3) is 0 Å². The first-order valence-corrected chi connectivity index (χ1v) is 8.00. The third-order valence-corrected chi connectivity index (χ3v) is 3.84. The van der Waals surface area contributed by atoms with Crippen LogP contribution in [0.2, 0.25) is 0 Å². The van der Waals surface area contributed by atoms with Gasteiger partial charge in [-0.2, -0.15) is 0 Å². The molecule has 0 aliphatic carbocycles. The van der Waals surface area contributed by atoms with Gasteiger partial charge in [-0.25, -0.2) is 0 Å². The number of aromatic nitrogens is 1. The van der Waals surface area contributed by atoms with Crippen molar-refractivity contribution in [3.05, 3.63) is 52.8 Å². The van der Waals surface area contributed by atoms with Crippen molar-refractivity contribution < 1.29 is 14.3 Å². The zero-order valence-electron chi connectivity index (χ0n) is 12.9. The number of aryl methyl sites for hydroxylation is 1. The zero-order valence-corrected chi connectivity index (χ0v) is 14.4. The zero-order chi connectivity index (χ0) is 16.1. The van der Waals surface area contributed by atoms with Crippen molar-refractivity contribution >= 4 is 21.7 Å². The maximum atomic E-state index is 11.9. The molecule has 1 heterocycles. The number of rotatable bonds is 6. The molecule has 0 bridgehead atoms. The summed E-state index contributed by atoms with van der Waals surface area (Å²) >= 11 is 3.18. The van der Waals surface area contributed by atoms with Crippen molar-refractivity contribution in [2.75, 3.05) is 12.4 Å². The van der Waals surface area contributed by atoms with E-state index >= 15 is 0 Å². The average molecular weight is 364 g/mol. The fraction of sp³-hybridized carbons (Fsp3) is 0.294. The molecule has 0 fully saturated rings. The fourth-order valence-corrected chi connectivity index (χ4v) is 2.42. The van der Waals surface area contributed by atoms with Crippen LogP contribution in [0.25, 0.3) is 0 Å². The van der Waals surface area contributed by atoms with Crippen LogP contribution >= 0.6 is 15.9 Å². The Morgan fingerprint density at radius 2 is 2.00 bits per heavy atom. The van der Waals surface area contributed by atoms with E-state index in [1.165, 1.54) is 0 Å². The number of Topliss-reactive ketones (excluding diaryl/α,β-unsaturated/α-hetero) is 1. The summed E-state index contributed by atoms with van der Waals surface area (Å²) in [5, 5.41) is 0.260. The van der Waals surface area contributed by atoms with Gasteiger partial charge in [-0.1, -0.05) is 22.0 Å². The van der Waals surface area contributed by atoms with E-state index in [2.05, 4.69) is 20.9 Å². The summed E-state index contributed by atoms with van der Waals surface area (Å²) in [6.45, 7) is 4.24. The molecule has 0 aliphatic rings. The largest absolute Gasteiger partial charge is 0.496 e. The van der Waals surface area contributed by atoms with Crippen LogP contribution in [0, 0.1) is 13.8 Å². The summed E-state index contributed by atoms with van der Waals surface area (Å²) < 4.78 is 11.2. The summed E-state index contributed by atoms with van der Waals surface area (Å²) in [6, 6.07) is 7.46. The Bertz CT molecular complexity index is 668. The number of alkyl halides is 1. The van der Waals surface area contributed by atoms with Crippen LogP contribution in [-0.2, 0) is 6.61 Å². The molecule has 0 aliphatic heterocycles. The molecule has 0 unspecified atom stereocenters. The van der Waals surface area contributed by atoms with E-state index < -0.39 is 0 Å². The van der Waals surface area contributed by atoms with E-state index in [-0.39, 0.29) is 11.1 Å². The Labute approximate surface area is 138 Å². The number of ether oxygens (including phenoxy) is 2. The Morgan fingerprint density at radius 1 is 1.23 bits per heavy atom. The molecule has 0 amide bonds. The second-order valence-electron chi connectivity index (χ2n) is 4.94. The first kappa shape index (κ1) is 16.5. The van der Waals surface area contributed by atoms with Crippen molar-refractivity contribution in [3.8, 4) is 11.5 Å². The predicted octanol–water partition coefficient (Wildman–Crippen LogP) is 3.86. The van der Waals surface area contributed by atoms with Gasteiger partial charge >= 0.3 is 0 Å². The number of benzene rings is 1. The molecular formula is C17H18BrNO3. The van der Waals surface area contributed by atoms with Crippen LogP contribution in [0.3, 0.4) is 0 Å². The lowest BCUT2D eigenvalue weighted by Crippen LogP contribution is -2.06. The first-order valence-electron chi connectivity index (χ1n) is 6.88. The summed E-state index contributed by atoms with van der Waals surface area (Å²) in [6.07, 6.45) is 1.81. The smallest absolute Gasteiger partial charge is 0.177 e. The SMILES string of the molecule is COc1c(C(=O)CBr)ccc(OCc2ccc(C)cn2)c1C. The molecule has 2 aromatic rings. The number of hydrogen-bond donors (Lipinski definition) is 0. The summed E-state index contributed by atoms with van der Waals surface area (Å²) in [5.41, 5.74) is 3.32. The maximum absolute atomic E-state index is 11.9. The minimum Gasteiger partial charge on any atom is -0.496 e. The van der Waals surface area contributed by atoms with E-state index in [0.29, 0.717) is 23.7 Å². The van der Waals surface area contributed by atoms with Crippen LogP contribution in [-0.4, -0.2) is 23.2 Å². The number of hydrogen-bond acceptors (Lipinski definition) is 4. The van der Waals surface area contributed by atoms with Crippen molar-refractivity contribution in [3.63, 3.8) is 0 Å². The summed E-state index contributed by atoms with van der Waals surface area (Å²) in [7, 11) is 1.55. The quantitative estimate of drug-likeness (QED) is 0.577. The third kappa shape index (κ3) is 3.65. The topological polar surface area (TPSA) is 48.4 Å². The van der Waals surface area contributed by atoms with Crippen molar-refractivity contribution in [2.45, 2.75) is 20.5 Å². The number of carbonyl (C=O) groups excluding carboxylic acids is 1. The van der Waals surface area contributed by atoms with Gasteiger partial charge in [0.1, 0.15) is 18.1 Å². The normalized spacial score (nSPS) is 10.4. The highest BCUT2D eigenvalue weighted by atomic mass is 79.9. The number of ketones is 1. The van der Waals surface area contributed by atoms with Gasteiger partial charge in [-0.3, -0.25) is 9.78 Å². The summed E-state index contributed by atoms with van der Waals surface area (Å²) in [4.78, 5) is 16.2. The number of methoxy groups -OCH3 is 1. The third-order valence-electron chi connectivity index (χ3n) is 3.33. The Kier molecular flexibility index (Phi) is 5.55. The Balaban J connectivity index is 2.21. The van der Waals surface area contributed by atoms with E-state index in [9.17, 15) is 4.79 Å². The average Bonchev–Trinajstić information content (AvgIpc) is 2.54. The highest BCUT2D eigenvalue weighted by molar-refractivity contribution is 9.09. The minimum absolute atomic E-state index is 0.0216. The molecule has 1 aromatic heterocycles. The van der Waals surface area contributed by atoms with Crippen LogP contribution in [0.15, 0.2) is 30.5 Å². The predicted molar refractivity (Wildman–Crippen MR) is 89.2 cm³/mol. The number of pyridine rings is 1. The highest BCUT2D eigenvalue weighted by Gasteiger charge is 2.16. The molecule has 116 valence electrons. The molecule has 5 heteroatoms. The first-order chi connectivity index (χ1) is 10.6. The molecule has 0 saturated carbocycles. The monoisotopic (exact) mass is 363 g/mol. The van der Waals surface area contributed by atoms with Crippen molar-refractivity contribution in [1.82, 2.24) is 4.98 Å². The van der Waals surface area contributed by atoms with E-state index in [1.807, 2.05) is 32.2 Å². The van der Waals surface area contributed by atoms with Crippen LogP contribution < -0.4 is 9.47 Å². The summed E-state index contributed by atoms with van der Waals surface area (Å²) in [5.74, 6) is 1.22. The van der Waals surface area contributed by atoms with Gasteiger partial charge in [0.2, 0.25) is 0 Å². The van der Waals surface area contributed by atoms with Gasteiger partial charge in [-0.15, -0.1) is 0 Å². The van der Waals surface area contributed by atoms with E-state index in [4.69, 9.17) is 9.47 Å². The van der Waals surface area contributed by atoms with Crippen molar-refractivity contribution in [2.24, 2.45) is 0 Å². The van der Waals surface area contributed by atoms with Gasteiger partial charge < -0.3 is 9.47 Å². The second kappa shape index (κ2) is 7.40. The highest BCUT2D eigenvalue weighted by Crippen LogP contribution is 2.32. The van der Waals surface area contributed by atoms with Crippen LogP contribution in [0.5, 0.6) is 11.5 Å². The van der Waals surface area contributed by atoms with Gasteiger partial charge in [0.15, 0.2) is 5.78 Å². The molecule has 0 atom stereocenters. The lowest BCUT2D eigenvalue weighted by atomic mass is 10.1. The lowest BCUT2D eigenvalue weighted by molar-refractivity contribution is 0.102. The molecule has 4 nitrogen and oxygen atoms in total. The van der Waals surface area contributed by atoms with Crippen LogP contribution in [0.1, 0.15) is 27.2 Å². The molecule has 0 radical (unpaired) electrons. The maximum Gasteiger partial charge on any atom is 0.177 e. The molecule has 1 aromatic carbocycles. The van der Waals surface area contributed by atoms with Crippen molar-refractivity contribution in [1.29, 1.82) is 0 Å². The van der Waals surface area contributed by atoms with Gasteiger partial charge in [-0.05, 0) is 37.6 Å². The molecule has 0 N–H and O–H groups in total. The standard InChI is InChI=1S/C17H18BrNO3/c1-11-4-5-13(19-9-11)10-22-16-7-6-14(15(20)8-18)17(21-3)12(16)2/h4-7,9H,8,10H2,1-3H3. The minimum atomic E-state index is -0.0216.